The van der Waals surface area contributed by atoms with Crippen LogP contribution >= 0.6 is 0 Å². The van der Waals surface area contributed by atoms with Gasteiger partial charge >= 0.3 is 11.9 Å². The van der Waals surface area contributed by atoms with E-state index in [-0.39, 0.29) is 18.0 Å². The first-order valence-electron chi connectivity index (χ1n) is 8.85. The number of fused-ring (bicyclic) bond motifs is 1. The fourth-order valence-electron chi connectivity index (χ4n) is 3.38. The standard InChI is InChI=1S/C20H21NO5/c1-12-13(19(24)15-7-3-2-6-14(15)18(12)23)8-4-10-17(22)26-20(25)16-9-5-11-21-16/h2-3,6-7,16,21H,4-5,8-11H2,1H3/t16-/m0/s1. The Kier molecular flexibility index (Phi) is 5.42. The number of carbonyl (C=O) groups excluding carboxylic acids is 4. The molecule has 0 amide bonds. The predicted molar refractivity (Wildman–Crippen MR) is 93.8 cm³/mol. The van der Waals surface area contributed by atoms with Gasteiger partial charge in [-0.25, -0.2) is 4.79 Å². The summed E-state index contributed by atoms with van der Waals surface area (Å²) in [6.45, 7) is 2.39. The van der Waals surface area contributed by atoms with E-state index in [1.165, 1.54) is 0 Å². The number of allylic oxidation sites excluding steroid dienone is 2. The summed E-state index contributed by atoms with van der Waals surface area (Å²) in [5.41, 5.74) is 1.69. The molecule has 0 radical (unpaired) electrons. The fraction of sp³-hybridized carbons (Fsp3) is 0.400. The molecule has 1 fully saturated rings. The van der Waals surface area contributed by atoms with Gasteiger partial charge in [-0.15, -0.1) is 0 Å². The number of carbonyl (C=O) groups is 4. The van der Waals surface area contributed by atoms with Gasteiger partial charge in [0.2, 0.25) is 0 Å². The smallest absolute Gasteiger partial charge is 0.330 e. The molecule has 0 unspecified atom stereocenters. The average molecular weight is 355 g/mol. The zero-order valence-electron chi connectivity index (χ0n) is 14.7. The van der Waals surface area contributed by atoms with Crippen LogP contribution in [0.5, 0.6) is 0 Å². The second-order valence-electron chi connectivity index (χ2n) is 6.60. The molecule has 1 atom stereocenters. The molecule has 1 aliphatic heterocycles. The van der Waals surface area contributed by atoms with Crippen LogP contribution < -0.4 is 5.32 Å². The third-order valence-electron chi connectivity index (χ3n) is 4.85. The van der Waals surface area contributed by atoms with Crippen LogP contribution in [0.4, 0.5) is 0 Å². The van der Waals surface area contributed by atoms with Gasteiger partial charge in [-0.05, 0) is 39.2 Å². The van der Waals surface area contributed by atoms with Crippen molar-refractivity contribution >= 4 is 23.5 Å². The number of hydrogen-bond donors (Lipinski definition) is 1. The fourth-order valence-corrected chi connectivity index (χ4v) is 3.38. The lowest BCUT2D eigenvalue weighted by Gasteiger charge is -2.18. The Labute approximate surface area is 151 Å². The highest BCUT2D eigenvalue weighted by Crippen LogP contribution is 2.28. The Hall–Kier alpha value is -2.60. The second-order valence-corrected chi connectivity index (χ2v) is 6.60. The van der Waals surface area contributed by atoms with Gasteiger partial charge < -0.3 is 10.1 Å². The van der Waals surface area contributed by atoms with E-state index >= 15 is 0 Å². The lowest BCUT2D eigenvalue weighted by molar-refractivity contribution is -0.161. The number of ketones is 2. The minimum atomic E-state index is -0.600. The number of Topliss-reactive ketones (excluding diaryl/α,β-unsaturated/α-hetero) is 2. The van der Waals surface area contributed by atoms with Crippen LogP contribution in [0.15, 0.2) is 35.4 Å². The van der Waals surface area contributed by atoms with Crippen molar-refractivity contribution in [3.63, 3.8) is 0 Å². The summed E-state index contributed by atoms with van der Waals surface area (Å²) < 4.78 is 4.85. The SMILES string of the molecule is CC1=C(CCCC(=O)OC(=O)[C@@H]2CCCN2)C(=O)c2ccccc2C1=O. The van der Waals surface area contributed by atoms with Crippen molar-refractivity contribution in [3.05, 3.63) is 46.5 Å². The van der Waals surface area contributed by atoms with E-state index in [1.807, 2.05) is 0 Å². The van der Waals surface area contributed by atoms with Gasteiger partial charge in [-0.3, -0.25) is 14.4 Å². The van der Waals surface area contributed by atoms with Gasteiger partial charge in [0, 0.05) is 28.7 Å². The first kappa shape index (κ1) is 18.2. The zero-order valence-corrected chi connectivity index (χ0v) is 14.7. The minimum absolute atomic E-state index is 0.0261. The first-order chi connectivity index (χ1) is 12.5. The van der Waals surface area contributed by atoms with E-state index in [4.69, 9.17) is 4.74 Å². The van der Waals surface area contributed by atoms with E-state index in [0.717, 1.165) is 13.0 Å². The summed E-state index contributed by atoms with van der Waals surface area (Å²) in [5.74, 6) is -1.46. The third-order valence-corrected chi connectivity index (χ3v) is 4.85. The van der Waals surface area contributed by atoms with Gasteiger partial charge in [0.15, 0.2) is 11.6 Å². The average Bonchev–Trinajstić information content (AvgIpc) is 3.17. The summed E-state index contributed by atoms with van der Waals surface area (Å²) in [7, 11) is 0. The molecule has 26 heavy (non-hydrogen) atoms. The highest BCUT2D eigenvalue weighted by atomic mass is 16.6. The lowest BCUT2D eigenvalue weighted by atomic mass is 9.83. The van der Waals surface area contributed by atoms with Crippen LogP contribution in [0.3, 0.4) is 0 Å². The molecule has 3 rings (SSSR count). The molecule has 0 saturated carbocycles. The monoisotopic (exact) mass is 355 g/mol. The Bertz CT molecular complexity index is 802. The topological polar surface area (TPSA) is 89.5 Å². The molecule has 0 aromatic heterocycles. The highest BCUT2D eigenvalue weighted by Gasteiger charge is 2.29. The summed E-state index contributed by atoms with van der Waals surface area (Å²) in [5, 5.41) is 2.98. The van der Waals surface area contributed by atoms with Crippen molar-refractivity contribution in [2.45, 2.75) is 45.1 Å². The Morgan fingerprint density at radius 3 is 2.50 bits per heavy atom. The van der Waals surface area contributed by atoms with E-state index in [1.54, 1.807) is 31.2 Å². The van der Waals surface area contributed by atoms with Crippen molar-refractivity contribution in [2.24, 2.45) is 0 Å². The highest BCUT2D eigenvalue weighted by molar-refractivity contribution is 6.26. The second kappa shape index (κ2) is 7.74. The van der Waals surface area contributed by atoms with Crippen molar-refractivity contribution < 1.29 is 23.9 Å². The number of benzene rings is 1. The maximum atomic E-state index is 12.6. The molecule has 6 nitrogen and oxygen atoms in total. The Morgan fingerprint density at radius 1 is 1.15 bits per heavy atom. The predicted octanol–water partition coefficient (Wildman–Crippen LogP) is 2.37. The van der Waals surface area contributed by atoms with Crippen LogP contribution in [0.1, 0.15) is 59.7 Å². The van der Waals surface area contributed by atoms with Crippen LogP contribution in [-0.4, -0.2) is 36.1 Å². The van der Waals surface area contributed by atoms with E-state index in [0.29, 0.717) is 41.5 Å². The van der Waals surface area contributed by atoms with Crippen molar-refractivity contribution in [3.8, 4) is 0 Å². The number of hydrogen-bond acceptors (Lipinski definition) is 6. The number of ether oxygens (including phenoxy) is 1. The third kappa shape index (κ3) is 3.65. The Morgan fingerprint density at radius 2 is 1.85 bits per heavy atom. The molecule has 0 bridgehead atoms. The molecular formula is C20H21NO5. The molecule has 1 aromatic rings. The summed E-state index contributed by atoms with van der Waals surface area (Å²) in [4.78, 5) is 48.7. The molecular weight excluding hydrogens is 334 g/mol. The maximum absolute atomic E-state index is 12.6. The summed E-state index contributed by atoms with van der Waals surface area (Å²) >= 11 is 0. The van der Waals surface area contributed by atoms with E-state index < -0.39 is 18.0 Å². The summed E-state index contributed by atoms with van der Waals surface area (Å²) in [6.07, 6.45) is 2.24. The minimum Gasteiger partial charge on any atom is -0.392 e. The molecule has 0 spiro atoms. The quantitative estimate of drug-likeness (QED) is 0.644. The molecule has 1 N–H and O–H groups in total. The van der Waals surface area contributed by atoms with E-state index in [2.05, 4.69) is 5.32 Å². The van der Waals surface area contributed by atoms with Crippen LogP contribution in [0, 0.1) is 0 Å². The zero-order chi connectivity index (χ0) is 18.7. The van der Waals surface area contributed by atoms with Crippen LogP contribution in [0.2, 0.25) is 0 Å². The number of nitrogens with one attached hydrogen (secondary N) is 1. The molecule has 1 heterocycles. The van der Waals surface area contributed by atoms with Gasteiger partial charge in [-0.2, -0.15) is 0 Å². The largest absolute Gasteiger partial charge is 0.392 e. The molecule has 6 heteroatoms. The van der Waals surface area contributed by atoms with Gasteiger partial charge in [0.25, 0.3) is 0 Å². The molecule has 1 aromatic carbocycles. The van der Waals surface area contributed by atoms with Gasteiger partial charge in [0.05, 0.1) is 0 Å². The van der Waals surface area contributed by atoms with Crippen molar-refractivity contribution in [1.82, 2.24) is 5.32 Å². The first-order valence-corrected chi connectivity index (χ1v) is 8.85. The lowest BCUT2D eigenvalue weighted by Crippen LogP contribution is -2.33. The molecule has 2 aliphatic rings. The normalized spacial score (nSPS) is 19.5. The van der Waals surface area contributed by atoms with E-state index in [9.17, 15) is 19.2 Å². The number of rotatable bonds is 5. The molecule has 136 valence electrons. The van der Waals surface area contributed by atoms with Crippen LogP contribution in [0.25, 0.3) is 0 Å². The van der Waals surface area contributed by atoms with Crippen LogP contribution in [-0.2, 0) is 14.3 Å². The molecule has 1 aliphatic carbocycles. The maximum Gasteiger partial charge on any atom is 0.330 e. The Balaban J connectivity index is 1.57. The van der Waals surface area contributed by atoms with Gasteiger partial charge in [-0.1, -0.05) is 24.3 Å². The molecule has 1 saturated heterocycles. The van der Waals surface area contributed by atoms with Gasteiger partial charge in [0.1, 0.15) is 6.04 Å². The van der Waals surface area contributed by atoms with Crippen molar-refractivity contribution in [1.29, 1.82) is 0 Å². The summed E-state index contributed by atoms with van der Waals surface area (Å²) in [6, 6.07) is 6.34. The number of esters is 2. The van der Waals surface area contributed by atoms with Crippen molar-refractivity contribution in [2.75, 3.05) is 6.54 Å².